The van der Waals surface area contributed by atoms with Crippen molar-refractivity contribution >= 4 is 5.91 Å². The Morgan fingerprint density at radius 2 is 1.57 bits per heavy atom. The normalized spacial score (nSPS) is 11.1. The molecule has 1 aromatic carbocycles. The van der Waals surface area contributed by atoms with Crippen molar-refractivity contribution in [3.63, 3.8) is 0 Å². The first-order valence-corrected chi connectivity index (χ1v) is 7.63. The number of amides is 1. The lowest BCUT2D eigenvalue weighted by molar-refractivity contribution is 0.0737. The first-order chi connectivity index (χ1) is 9.82. The first kappa shape index (κ1) is 17.3. The van der Waals surface area contributed by atoms with Crippen molar-refractivity contribution < 1.29 is 15.0 Å². The zero-order valence-electron chi connectivity index (χ0n) is 13.5. The molecule has 0 aliphatic carbocycles. The van der Waals surface area contributed by atoms with E-state index >= 15 is 0 Å². The number of hydrogen-bond donors (Lipinski definition) is 2. The van der Waals surface area contributed by atoms with Gasteiger partial charge in [0.2, 0.25) is 0 Å². The Labute approximate surface area is 127 Å². The predicted octanol–water partition coefficient (Wildman–Crippen LogP) is 3.63. The molecular weight excluding hydrogens is 266 g/mol. The molecule has 0 unspecified atom stereocenters. The summed E-state index contributed by atoms with van der Waals surface area (Å²) in [5.41, 5.74) is 0.169. The molecule has 2 N–H and O–H groups in total. The molecule has 1 aromatic rings. The second-order valence-corrected chi connectivity index (χ2v) is 6.33. The van der Waals surface area contributed by atoms with E-state index in [4.69, 9.17) is 0 Å². The average Bonchev–Trinajstić information content (AvgIpc) is 2.40. The van der Waals surface area contributed by atoms with Crippen LogP contribution in [0.4, 0.5) is 0 Å². The molecular formula is C17H27NO3. The number of nitrogens with zero attached hydrogens (tertiary/aromatic N) is 1. The Hall–Kier alpha value is -1.71. The maximum atomic E-state index is 12.6. The van der Waals surface area contributed by atoms with E-state index in [-0.39, 0.29) is 23.0 Å². The highest BCUT2D eigenvalue weighted by Crippen LogP contribution is 2.29. The van der Waals surface area contributed by atoms with E-state index < -0.39 is 0 Å². The molecule has 0 atom stereocenters. The maximum absolute atomic E-state index is 12.6. The Bertz CT molecular complexity index is 457. The maximum Gasteiger partial charge on any atom is 0.257 e. The lowest BCUT2D eigenvalue weighted by Crippen LogP contribution is -2.34. The molecule has 4 heteroatoms. The molecule has 0 heterocycles. The van der Waals surface area contributed by atoms with Gasteiger partial charge in [0.25, 0.3) is 5.91 Å². The summed E-state index contributed by atoms with van der Waals surface area (Å²) >= 11 is 0. The number of para-hydroxylation sites is 1. The molecule has 0 radical (unpaired) electrons. The first-order valence-electron chi connectivity index (χ1n) is 7.63. The van der Waals surface area contributed by atoms with Crippen LogP contribution in [-0.2, 0) is 0 Å². The monoisotopic (exact) mass is 293 g/mol. The van der Waals surface area contributed by atoms with Crippen molar-refractivity contribution in [2.24, 2.45) is 11.8 Å². The predicted molar refractivity (Wildman–Crippen MR) is 84.6 cm³/mol. The fourth-order valence-corrected chi connectivity index (χ4v) is 2.02. The Morgan fingerprint density at radius 1 is 1.05 bits per heavy atom. The Morgan fingerprint density at radius 3 is 2.05 bits per heavy atom. The topological polar surface area (TPSA) is 60.8 Å². The van der Waals surface area contributed by atoms with E-state index in [1.807, 2.05) is 0 Å². The zero-order valence-corrected chi connectivity index (χ0v) is 13.5. The lowest BCUT2D eigenvalue weighted by atomic mass is 10.1. The standard InChI is InChI=1S/C17H27NO3/c1-12(2)8-10-18(11-9-13(3)4)17(21)14-6-5-7-15(19)16(14)20/h5-7,12-13,19-20H,8-11H2,1-4H3. The molecule has 0 saturated heterocycles. The van der Waals surface area contributed by atoms with Crippen LogP contribution in [0.25, 0.3) is 0 Å². The summed E-state index contributed by atoms with van der Waals surface area (Å²) in [6.45, 7) is 9.82. The third-order valence-corrected chi connectivity index (χ3v) is 3.49. The van der Waals surface area contributed by atoms with Crippen LogP contribution < -0.4 is 0 Å². The van der Waals surface area contributed by atoms with Gasteiger partial charge < -0.3 is 15.1 Å². The number of benzene rings is 1. The average molecular weight is 293 g/mol. The largest absolute Gasteiger partial charge is 0.504 e. The van der Waals surface area contributed by atoms with Crippen LogP contribution >= 0.6 is 0 Å². The highest BCUT2D eigenvalue weighted by Gasteiger charge is 2.20. The molecule has 4 nitrogen and oxygen atoms in total. The van der Waals surface area contributed by atoms with Crippen molar-refractivity contribution in [1.82, 2.24) is 4.90 Å². The quantitative estimate of drug-likeness (QED) is 0.755. The van der Waals surface area contributed by atoms with Crippen molar-refractivity contribution in [2.45, 2.75) is 40.5 Å². The molecule has 0 aliphatic heterocycles. The zero-order chi connectivity index (χ0) is 16.0. The van der Waals surface area contributed by atoms with Crippen LogP contribution in [0.5, 0.6) is 11.5 Å². The van der Waals surface area contributed by atoms with Crippen LogP contribution in [0.15, 0.2) is 18.2 Å². The molecule has 0 fully saturated rings. The van der Waals surface area contributed by atoms with E-state index in [9.17, 15) is 15.0 Å². The van der Waals surface area contributed by atoms with E-state index in [2.05, 4.69) is 27.7 Å². The smallest absolute Gasteiger partial charge is 0.257 e. The summed E-state index contributed by atoms with van der Waals surface area (Å²) < 4.78 is 0. The van der Waals surface area contributed by atoms with Gasteiger partial charge in [-0.1, -0.05) is 33.8 Å². The fourth-order valence-electron chi connectivity index (χ4n) is 2.02. The minimum absolute atomic E-state index is 0.169. The number of carbonyl (C=O) groups excluding carboxylic acids is 1. The molecule has 0 aromatic heterocycles. The third-order valence-electron chi connectivity index (χ3n) is 3.49. The molecule has 1 amide bonds. The van der Waals surface area contributed by atoms with Gasteiger partial charge in [0.05, 0.1) is 5.56 Å². The lowest BCUT2D eigenvalue weighted by Gasteiger charge is -2.25. The summed E-state index contributed by atoms with van der Waals surface area (Å²) in [5.74, 6) is 0.217. The number of rotatable bonds is 7. The number of carbonyl (C=O) groups is 1. The van der Waals surface area contributed by atoms with Gasteiger partial charge >= 0.3 is 0 Å². The van der Waals surface area contributed by atoms with E-state index in [1.54, 1.807) is 17.0 Å². The number of aromatic hydroxyl groups is 2. The van der Waals surface area contributed by atoms with Crippen LogP contribution in [0.3, 0.4) is 0 Å². The third kappa shape index (κ3) is 5.29. The SMILES string of the molecule is CC(C)CCN(CCC(C)C)C(=O)c1cccc(O)c1O. The van der Waals surface area contributed by atoms with Crippen molar-refractivity contribution in [1.29, 1.82) is 0 Å². The second kappa shape index (κ2) is 7.91. The summed E-state index contributed by atoms with van der Waals surface area (Å²) in [7, 11) is 0. The summed E-state index contributed by atoms with van der Waals surface area (Å²) in [5, 5.41) is 19.4. The molecule has 118 valence electrons. The van der Waals surface area contributed by atoms with Gasteiger partial charge in [-0.25, -0.2) is 0 Å². The number of phenols is 2. The van der Waals surface area contributed by atoms with Crippen LogP contribution in [0.2, 0.25) is 0 Å². The minimum atomic E-state index is -0.332. The van der Waals surface area contributed by atoms with Gasteiger partial charge in [-0.05, 0) is 36.8 Å². The summed E-state index contributed by atoms with van der Waals surface area (Å²) in [4.78, 5) is 14.4. The Balaban J connectivity index is 2.89. The van der Waals surface area contributed by atoms with E-state index in [0.717, 1.165) is 12.8 Å². The van der Waals surface area contributed by atoms with Gasteiger partial charge in [0, 0.05) is 13.1 Å². The fraction of sp³-hybridized carbons (Fsp3) is 0.588. The van der Waals surface area contributed by atoms with Crippen LogP contribution in [-0.4, -0.2) is 34.1 Å². The van der Waals surface area contributed by atoms with Gasteiger partial charge in [-0.3, -0.25) is 4.79 Å². The molecule has 1 rings (SSSR count). The molecule has 0 bridgehead atoms. The molecule has 0 saturated carbocycles. The van der Waals surface area contributed by atoms with Gasteiger partial charge in [-0.2, -0.15) is 0 Å². The van der Waals surface area contributed by atoms with Gasteiger partial charge in [0.15, 0.2) is 11.5 Å². The minimum Gasteiger partial charge on any atom is -0.504 e. The van der Waals surface area contributed by atoms with E-state index in [1.165, 1.54) is 6.07 Å². The summed E-state index contributed by atoms with van der Waals surface area (Å²) in [6.07, 6.45) is 1.84. The Kier molecular flexibility index (Phi) is 6.53. The molecule has 21 heavy (non-hydrogen) atoms. The van der Waals surface area contributed by atoms with Crippen molar-refractivity contribution in [3.05, 3.63) is 23.8 Å². The van der Waals surface area contributed by atoms with Gasteiger partial charge in [-0.15, -0.1) is 0 Å². The van der Waals surface area contributed by atoms with Crippen LogP contribution in [0, 0.1) is 11.8 Å². The van der Waals surface area contributed by atoms with E-state index in [0.29, 0.717) is 24.9 Å². The number of phenolic OH excluding ortho intramolecular Hbond substituents is 2. The van der Waals surface area contributed by atoms with Crippen molar-refractivity contribution in [3.8, 4) is 11.5 Å². The molecule has 0 aliphatic rings. The summed E-state index contributed by atoms with van der Waals surface area (Å²) in [6, 6.07) is 4.50. The second-order valence-electron chi connectivity index (χ2n) is 6.33. The van der Waals surface area contributed by atoms with Crippen LogP contribution in [0.1, 0.15) is 50.9 Å². The molecule has 0 spiro atoms. The van der Waals surface area contributed by atoms with Gasteiger partial charge in [0.1, 0.15) is 0 Å². The highest BCUT2D eigenvalue weighted by atomic mass is 16.3. The number of hydrogen-bond acceptors (Lipinski definition) is 3. The van der Waals surface area contributed by atoms with Crippen molar-refractivity contribution in [2.75, 3.05) is 13.1 Å². The highest BCUT2D eigenvalue weighted by molar-refractivity contribution is 5.97.